The molecule has 2 nitrogen and oxygen atoms in total. The van der Waals surface area contributed by atoms with Crippen LogP contribution in [0.25, 0.3) is 0 Å². The SMILES string of the molecule is CC1CCC2C(C1)C1C(C3CCCCC3C1C(C)(C)C1CCC(CCCCCCOC(C)(C)C)C1)N2C. The van der Waals surface area contributed by atoms with Crippen LogP contribution in [0.4, 0.5) is 0 Å². The van der Waals surface area contributed by atoms with Crippen molar-refractivity contribution < 1.29 is 4.74 Å². The Hall–Kier alpha value is -0.0800. The van der Waals surface area contributed by atoms with E-state index in [-0.39, 0.29) is 5.60 Å². The smallest absolute Gasteiger partial charge is 0.0598 e. The van der Waals surface area contributed by atoms with Crippen LogP contribution in [0.15, 0.2) is 0 Å². The maximum Gasteiger partial charge on any atom is 0.0598 e. The molecule has 0 aromatic heterocycles. The molecule has 0 aromatic carbocycles. The van der Waals surface area contributed by atoms with E-state index in [1.54, 1.807) is 6.42 Å². The van der Waals surface area contributed by atoms with Crippen LogP contribution in [0.5, 0.6) is 0 Å². The fourth-order valence-electron chi connectivity index (χ4n) is 11.1. The summed E-state index contributed by atoms with van der Waals surface area (Å²) in [5.74, 6) is 7.93. The lowest BCUT2D eigenvalue weighted by atomic mass is 9.57. The van der Waals surface area contributed by atoms with Gasteiger partial charge in [0.1, 0.15) is 0 Å². The molecule has 4 aliphatic carbocycles. The van der Waals surface area contributed by atoms with Crippen molar-refractivity contribution in [2.75, 3.05) is 13.7 Å². The Morgan fingerprint density at radius 3 is 2.24 bits per heavy atom. The molecule has 0 N–H and O–H groups in total. The second kappa shape index (κ2) is 11.4. The summed E-state index contributed by atoms with van der Waals surface area (Å²) in [6, 6.07) is 1.81. The van der Waals surface area contributed by atoms with Crippen LogP contribution in [0, 0.1) is 52.8 Å². The van der Waals surface area contributed by atoms with Gasteiger partial charge in [-0.05, 0) is 132 Å². The van der Waals surface area contributed by atoms with Crippen molar-refractivity contribution >= 4 is 0 Å². The summed E-state index contributed by atoms with van der Waals surface area (Å²) in [5.41, 5.74) is 0.543. The van der Waals surface area contributed by atoms with Crippen molar-refractivity contribution in [2.24, 2.45) is 52.8 Å². The number of likely N-dealkylation sites (tertiary alicyclic amines) is 1. The average Bonchev–Trinajstić information content (AvgIpc) is 3.52. The van der Waals surface area contributed by atoms with E-state index < -0.39 is 0 Å². The first-order valence-electron chi connectivity index (χ1n) is 16.9. The van der Waals surface area contributed by atoms with E-state index in [1.807, 2.05) is 0 Å². The van der Waals surface area contributed by atoms with Crippen molar-refractivity contribution in [1.82, 2.24) is 4.90 Å². The van der Waals surface area contributed by atoms with Crippen LogP contribution in [0.3, 0.4) is 0 Å². The second-order valence-electron chi connectivity index (χ2n) is 16.4. The fourth-order valence-corrected chi connectivity index (χ4v) is 11.1. The van der Waals surface area contributed by atoms with Gasteiger partial charge in [0, 0.05) is 18.7 Å². The highest BCUT2D eigenvalue weighted by atomic mass is 16.5. The Labute approximate surface area is 231 Å². The van der Waals surface area contributed by atoms with Gasteiger partial charge in [0.25, 0.3) is 0 Å². The van der Waals surface area contributed by atoms with E-state index in [2.05, 4.69) is 53.5 Å². The van der Waals surface area contributed by atoms with Crippen molar-refractivity contribution in [2.45, 2.75) is 156 Å². The maximum absolute atomic E-state index is 5.92. The zero-order valence-electron chi connectivity index (χ0n) is 25.9. The summed E-state index contributed by atoms with van der Waals surface area (Å²) in [5, 5.41) is 0. The summed E-state index contributed by atoms with van der Waals surface area (Å²) >= 11 is 0. The number of fused-ring (bicyclic) bond motifs is 5. The Bertz CT molecular complexity index is 738. The Morgan fingerprint density at radius 1 is 0.757 bits per heavy atom. The molecular formula is C35H63NO. The van der Waals surface area contributed by atoms with Gasteiger partial charge in [-0.2, -0.15) is 0 Å². The molecule has 10 atom stereocenters. The number of hydrogen-bond donors (Lipinski definition) is 0. The number of ether oxygens (including phenoxy) is 1. The molecular weight excluding hydrogens is 450 g/mol. The highest BCUT2D eigenvalue weighted by molar-refractivity contribution is 5.15. The molecule has 4 saturated carbocycles. The van der Waals surface area contributed by atoms with E-state index in [0.29, 0.717) is 5.41 Å². The second-order valence-corrected chi connectivity index (χ2v) is 16.4. The number of unbranched alkanes of at least 4 members (excludes halogenated alkanes) is 3. The topological polar surface area (TPSA) is 12.5 Å². The Kier molecular flexibility index (Phi) is 8.78. The molecule has 0 amide bonds. The molecule has 10 unspecified atom stereocenters. The van der Waals surface area contributed by atoms with Gasteiger partial charge < -0.3 is 4.74 Å². The van der Waals surface area contributed by atoms with Gasteiger partial charge in [0.15, 0.2) is 0 Å². The Balaban J connectivity index is 1.19. The summed E-state index contributed by atoms with van der Waals surface area (Å²) in [7, 11) is 2.56. The van der Waals surface area contributed by atoms with Crippen LogP contribution >= 0.6 is 0 Å². The largest absolute Gasteiger partial charge is 0.376 e. The fraction of sp³-hybridized carbons (Fsp3) is 1.00. The minimum atomic E-state index is 0.0205. The highest BCUT2D eigenvalue weighted by Crippen LogP contribution is 2.66. The number of rotatable bonds is 9. The maximum atomic E-state index is 5.92. The van der Waals surface area contributed by atoms with Crippen LogP contribution in [-0.2, 0) is 4.74 Å². The molecule has 5 aliphatic rings. The summed E-state index contributed by atoms with van der Waals surface area (Å²) in [4.78, 5) is 2.98. The third-order valence-corrected chi connectivity index (χ3v) is 12.7. The molecule has 1 heterocycles. The minimum absolute atomic E-state index is 0.0205. The first-order chi connectivity index (χ1) is 17.6. The highest BCUT2D eigenvalue weighted by Gasteiger charge is 2.65. The van der Waals surface area contributed by atoms with Crippen molar-refractivity contribution in [3.8, 4) is 0 Å². The van der Waals surface area contributed by atoms with Crippen molar-refractivity contribution in [3.05, 3.63) is 0 Å². The van der Waals surface area contributed by atoms with Gasteiger partial charge >= 0.3 is 0 Å². The van der Waals surface area contributed by atoms with Gasteiger partial charge in [-0.1, -0.05) is 65.7 Å². The van der Waals surface area contributed by atoms with Gasteiger partial charge in [-0.3, -0.25) is 4.90 Å². The predicted molar refractivity (Wildman–Crippen MR) is 158 cm³/mol. The molecule has 214 valence electrons. The lowest BCUT2D eigenvalue weighted by molar-refractivity contribution is -0.00478. The summed E-state index contributed by atoms with van der Waals surface area (Å²) in [6.07, 6.45) is 22.0. The van der Waals surface area contributed by atoms with Crippen molar-refractivity contribution in [1.29, 1.82) is 0 Å². The zero-order chi connectivity index (χ0) is 26.4. The standard InChI is InChI=1S/C35H63NO/c1-24-17-20-30-29(22-24)31-32(27-15-11-12-16-28(27)33(31)36(30)7)35(5,6)26-19-18-25(23-26)14-10-8-9-13-21-37-34(2,3)4/h24-33H,8-23H2,1-7H3. The van der Waals surface area contributed by atoms with E-state index >= 15 is 0 Å². The number of hydrogen-bond acceptors (Lipinski definition) is 2. The average molecular weight is 514 g/mol. The van der Waals surface area contributed by atoms with Crippen LogP contribution < -0.4 is 0 Å². The lowest BCUT2D eigenvalue weighted by Gasteiger charge is -2.48. The van der Waals surface area contributed by atoms with Crippen molar-refractivity contribution in [3.63, 3.8) is 0 Å². The molecule has 1 aliphatic heterocycles. The molecule has 5 rings (SSSR count). The molecule has 0 spiro atoms. The van der Waals surface area contributed by atoms with E-state index in [4.69, 9.17) is 4.74 Å². The minimum Gasteiger partial charge on any atom is -0.376 e. The first-order valence-corrected chi connectivity index (χ1v) is 16.9. The molecule has 2 heteroatoms. The zero-order valence-corrected chi connectivity index (χ0v) is 25.9. The van der Waals surface area contributed by atoms with E-state index in [0.717, 1.165) is 66.0 Å². The van der Waals surface area contributed by atoms with Gasteiger partial charge in [0.2, 0.25) is 0 Å². The van der Waals surface area contributed by atoms with Crippen LogP contribution in [0.2, 0.25) is 0 Å². The van der Waals surface area contributed by atoms with E-state index in [9.17, 15) is 0 Å². The quantitative estimate of drug-likeness (QED) is 0.285. The summed E-state index contributed by atoms with van der Waals surface area (Å²) < 4.78 is 5.92. The first kappa shape index (κ1) is 28.4. The lowest BCUT2D eigenvalue weighted by Crippen LogP contribution is -2.44. The molecule has 1 saturated heterocycles. The van der Waals surface area contributed by atoms with Crippen LogP contribution in [0.1, 0.15) is 138 Å². The molecule has 37 heavy (non-hydrogen) atoms. The predicted octanol–water partition coefficient (Wildman–Crippen LogP) is 9.37. The number of nitrogens with zero attached hydrogens (tertiary/aromatic N) is 1. The normalized spacial score (nSPS) is 42.6. The molecule has 5 fully saturated rings. The third kappa shape index (κ3) is 5.87. The van der Waals surface area contributed by atoms with Gasteiger partial charge in [0.05, 0.1) is 5.60 Å². The molecule has 0 radical (unpaired) electrons. The van der Waals surface area contributed by atoms with E-state index in [1.165, 1.54) is 89.9 Å². The molecule has 0 aromatic rings. The summed E-state index contributed by atoms with van der Waals surface area (Å²) in [6.45, 7) is 15.6. The Morgan fingerprint density at radius 2 is 1.49 bits per heavy atom. The van der Waals surface area contributed by atoms with Crippen LogP contribution in [-0.4, -0.2) is 36.2 Å². The van der Waals surface area contributed by atoms with Gasteiger partial charge in [-0.25, -0.2) is 0 Å². The van der Waals surface area contributed by atoms with Gasteiger partial charge in [-0.15, -0.1) is 0 Å². The third-order valence-electron chi connectivity index (χ3n) is 12.7. The molecule has 0 bridgehead atoms. The monoisotopic (exact) mass is 513 g/mol.